The Bertz CT molecular complexity index is 1970. The monoisotopic (exact) mass is 566 g/mol. The second-order valence-electron chi connectivity index (χ2n) is 10.6. The number of nitrogens with zero attached hydrogens (tertiary/aromatic N) is 4. The van der Waals surface area contributed by atoms with Crippen molar-refractivity contribution in [3.8, 4) is 22.4 Å². The molecule has 1 atom stereocenters. The van der Waals surface area contributed by atoms with Crippen LogP contribution >= 0.6 is 0 Å². The molecule has 0 saturated heterocycles. The van der Waals surface area contributed by atoms with Crippen molar-refractivity contribution in [2.24, 2.45) is 5.92 Å². The number of pyridine rings is 1. The zero-order valence-electron chi connectivity index (χ0n) is 23.1. The number of fused-ring (bicyclic) bond motifs is 1. The molecule has 7 rings (SSSR count). The zero-order valence-corrected chi connectivity index (χ0v) is 23.1. The van der Waals surface area contributed by atoms with Crippen LogP contribution in [0.5, 0.6) is 0 Å². The van der Waals surface area contributed by atoms with Crippen molar-refractivity contribution in [2.75, 3.05) is 0 Å². The molecule has 7 heteroatoms. The smallest absolute Gasteiger partial charge is 0.338 e. The predicted molar refractivity (Wildman–Crippen MR) is 164 cm³/mol. The summed E-state index contributed by atoms with van der Waals surface area (Å²) in [6.45, 7) is 0. The summed E-state index contributed by atoms with van der Waals surface area (Å²) in [4.78, 5) is 15.8. The number of rotatable bonds is 7. The van der Waals surface area contributed by atoms with Crippen molar-refractivity contribution in [2.45, 2.75) is 12.0 Å². The molecule has 0 fully saturated rings. The molecule has 210 valence electrons. The molecule has 1 aliphatic carbocycles. The molecule has 1 unspecified atom stereocenters. The molecule has 1 aliphatic rings. The largest absolute Gasteiger partial charge is 0.478 e. The molecule has 43 heavy (non-hydrogen) atoms. The van der Waals surface area contributed by atoms with Crippen LogP contribution in [0.3, 0.4) is 0 Å². The van der Waals surface area contributed by atoms with Crippen LogP contribution in [-0.2, 0) is 5.54 Å². The quantitative estimate of drug-likeness (QED) is 0.216. The minimum absolute atomic E-state index is 0.112. The van der Waals surface area contributed by atoms with Crippen molar-refractivity contribution in [1.29, 1.82) is 0 Å². The van der Waals surface area contributed by atoms with E-state index in [1.807, 2.05) is 41.1 Å². The summed E-state index contributed by atoms with van der Waals surface area (Å²) in [6, 6.07) is 29.0. The lowest BCUT2D eigenvalue weighted by molar-refractivity contribution is 0.0692. The van der Waals surface area contributed by atoms with Gasteiger partial charge in [0.1, 0.15) is 17.0 Å². The number of carboxylic acids is 1. The maximum atomic E-state index is 14.6. The number of hydrogen-bond donors (Lipinski definition) is 1. The number of halogens is 1. The average Bonchev–Trinajstić information content (AvgIpc) is 3.71. The van der Waals surface area contributed by atoms with Crippen molar-refractivity contribution in [3.63, 3.8) is 0 Å². The van der Waals surface area contributed by atoms with E-state index in [-0.39, 0.29) is 11.5 Å². The van der Waals surface area contributed by atoms with Crippen molar-refractivity contribution in [1.82, 2.24) is 19.2 Å². The minimum atomic E-state index is -1.30. The lowest BCUT2D eigenvalue weighted by atomic mass is 9.70. The Morgan fingerprint density at radius 3 is 2.21 bits per heavy atom. The zero-order chi connectivity index (χ0) is 29.4. The highest BCUT2D eigenvalue weighted by Gasteiger charge is 2.43. The standard InChI is InChI=1S/C36H27FN4O2/c37-32-20-25(16-18-31(32)35(42)43)33-22-38-34-19-17-26(23-40(33)34)27-21-39-41(24-27)36(28-10-4-1-5-11-28,29-12-6-2-7-13-29)30-14-8-3-9-15-30/h1-14,16-24,30H,15H2,(H,42,43). The van der Waals surface area contributed by atoms with Gasteiger partial charge in [-0.3, -0.25) is 9.08 Å². The number of carboxylic acid groups (broad SMARTS) is 1. The fourth-order valence-electron chi connectivity index (χ4n) is 6.18. The van der Waals surface area contributed by atoms with Crippen LogP contribution in [0, 0.1) is 11.7 Å². The summed E-state index contributed by atoms with van der Waals surface area (Å²) >= 11 is 0. The molecule has 0 spiro atoms. The maximum Gasteiger partial charge on any atom is 0.338 e. The van der Waals surface area contributed by atoms with E-state index in [0.717, 1.165) is 28.7 Å². The van der Waals surface area contributed by atoms with Crippen LogP contribution in [0.15, 0.2) is 140 Å². The second-order valence-corrected chi connectivity index (χ2v) is 10.6. The van der Waals surface area contributed by atoms with Gasteiger partial charge in [-0.1, -0.05) is 91.0 Å². The molecular formula is C36H27FN4O2. The van der Waals surface area contributed by atoms with Gasteiger partial charge in [-0.05, 0) is 41.8 Å². The number of carbonyl (C=O) groups is 1. The first-order valence-electron chi connectivity index (χ1n) is 14.1. The number of hydrogen-bond acceptors (Lipinski definition) is 3. The highest BCUT2D eigenvalue weighted by atomic mass is 19.1. The first-order chi connectivity index (χ1) is 21.1. The van der Waals surface area contributed by atoms with Crippen LogP contribution in [0.2, 0.25) is 0 Å². The Labute approximate surface area is 247 Å². The number of aromatic carboxylic acids is 1. The third-order valence-electron chi connectivity index (χ3n) is 8.22. The van der Waals surface area contributed by atoms with Crippen LogP contribution in [0.4, 0.5) is 4.39 Å². The molecule has 0 radical (unpaired) electrons. The van der Waals surface area contributed by atoms with Crippen molar-refractivity contribution < 1.29 is 14.3 Å². The topological polar surface area (TPSA) is 72.4 Å². The highest BCUT2D eigenvalue weighted by Crippen LogP contribution is 2.44. The van der Waals surface area contributed by atoms with Crippen LogP contribution in [-0.4, -0.2) is 30.2 Å². The second kappa shape index (κ2) is 10.7. The average molecular weight is 567 g/mol. The summed E-state index contributed by atoms with van der Waals surface area (Å²) < 4.78 is 18.5. The van der Waals surface area contributed by atoms with E-state index in [4.69, 9.17) is 5.10 Å². The molecule has 6 nitrogen and oxygen atoms in total. The van der Waals surface area contributed by atoms with Crippen molar-refractivity contribution in [3.05, 3.63) is 163 Å². The molecule has 1 N–H and O–H groups in total. The van der Waals surface area contributed by atoms with Gasteiger partial charge in [0, 0.05) is 35.0 Å². The number of allylic oxidation sites excluding steroid dienone is 4. The van der Waals surface area contributed by atoms with Gasteiger partial charge in [0.2, 0.25) is 0 Å². The third-order valence-corrected chi connectivity index (χ3v) is 8.22. The lowest BCUT2D eigenvalue weighted by Gasteiger charge is -2.41. The van der Waals surface area contributed by atoms with E-state index in [1.165, 1.54) is 12.1 Å². The summed E-state index contributed by atoms with van der Waals surface area (Å²) in [5, 5.41) is 14.2. The molecule has 3 aromatic carbocycles. The van der Waals surface area contributed by atoms with Gasteiger partial charge in [-0.2, -0.15) is 5.10 Å². The van der Waals surface area contributed by atoms with Gasteiger partial charge in [0.15, 0.2) is 0 Å². The fourth-order valence-corrected chi connectivity index (χ4v) is 6.18. The molecule has 0 aliphatic heterocycles. The van der Waals surface area contributed by atoms with Gasteiger partial charge in [-0.15, -0.1) is 0 Å². The number of benzene rings is 3. The van der Waals surface area contributed by atoms with Crippen LogP contribution in [0.25, 0.3) is 28.0 Å². The first kappa shape index (κ1) is 26.3. The Balaban J connectivity index is 1.37. The van der Waals surface area contributed by atoms with E-state index in [1.54, 1.807) is 12.3 Å². The SMILES string of the molecule is O=C(O)c1ccc(-c2cnc3ccc(-c4cnn(C(c5ccccc5)(c5ccccc5)C5C=CC=CC5)c4)cn23)cc1F. The maximum absolute atomic E-state index is 14.6. The molecule has 0 bridgehead atoms. The first-order valence-corrected chi connectivity index (χ1v) is 14.1. The Morgan fingerprint density at radius 1 is 0.837 bits per heavy atom. The summed E-state index contributed by atoms with van der Waals surface area (Å²) in [7, 11) is 0. The summed E-state index contributed by atoms with van der Waals surface area (Å²) in [5.41, 5.74) is 5.02. The minimum Gasteiger partial charge on any atom is -0.478 e. The van der Waals surface area contributed by atoms with Crippen molar-refractivity contribution >= 4 is 11.6 Å². The van der Waals surface area contributed by atoms with Crippen LogP contribution < -0.4 is 0 Å². The lowest BCUT2D eigenvalue weighted by Crippen LogP contribution is -2.43. The molecule has 0 saturated carbocycles. The Morgan fingerprint density at radius 2 is 1.56 bits per heavy atom. The Kier molecular flexibility index (Phi) is 6.55. The molecule has 0 amide bonds. The fraction of sp³-hybridized carbons (Fsp3) is 0.0833. The van der Waals surface area contributed by atoms with Gasteiger partial charge < -0.3 is 5.11 Å². The number of aromatic nitrogens is 4. The van der Waals surface area contributed by atoms with E-state index < -0.39 is 17.3 Å². The van der Waals surface area contributed by atoms with E-state index in [2.05, 4.69) is 88.7 Å². The third kappa shape index (κ3) is 4.46. The van der Waals surface area contributed by atoms with Gasteiger partial charge in [-0.25, -0.2) is 14.2 Å². The molecule has 3 heterocycles. The van der Waals surface area contributed by atoms with Gasteiger partial charge in [0.05, 0.1) is 23.7 Å². The van der Waals surface area contributed by atoms with E-state index in [0.29, 0.717) is 16.9 Å². The molecule has 3 aromatic heterocycles. The van der Waals surface area contributed by atoms with Crippen LogP contribution in [0.1, 0.15) is 27.9 Å². The van der Waals surface area contributed by atoms with E-state index >= 15 is 0 Å². The summed E-state index contributed by atoms with van der Waals surface area (Å²) in [6.07, 6.45) is 17.1. The molecular weight excluding hydrogens is 539 g/mol. The molecule has 6 aromatic rings. The van der Waals surface area contributed by atoms with Gasteiger partial charge >= 0.3 is 5.97 Å². The number of imidazole rings is 1. The van der Waals surface area contributed by atoms with E-state index in [9.17, 15) is 14.3 Å². The predicted octanol–water partition coefficient (Wildman–Crippen LogP) is 7.63. The Hall–Kier alpha value is -5.56. The normalized spacial score (nSPS) is 14.8. The summed E-state index contributed by atoms with van der Waals surface area (Å²) in [5.74, 6) is -1.98. The van der Waals surface area contributed by atoms with Gasteiger partial charge in [0.25, 0.3) is 0 Å². The highest BCUT2D eigenvalue weighted by molar-refractivity contribution is 5.88.